The lowest BCUT2D eigenvalue weighted by atomic mass is 9.45. The molecule has 4 fully saturated rings. The summed E-state index contributed by atoms with van der Waals surface area (Å²) in [4.78, 5) is 27.7. The fourth-order valence-corrected chi connectivity index (χ4v) is 9.67. The highest BCUT2D eigenvalue weighted by molar-refractivity contribution is 6.01. The third-order valence-corrected chi connectivity index (χ3v) is 12.0. The number of methoxy groups -OCH3 is 1. The van der Waals surface area contributed by atoms with Crippen LogP contribution in [0.5, 0.6) is 17.2 Å². The van der Waals surface area contributed by atoms with Crippen LogP contribution in [0.15, 0.2) is 58.0 Å². The van der Waals surface area contributed by atoms with Crippen LogP contribution in [0.3, 0.4) is 0 Å². The molecule has 274 valence electrons. The first kappa shape index (κ1) is 35.6. The van der Waals surface area contributed by atoms with E-state index in [2.05, 4.69) is 37.4 Å². The second-order valence-corrected chi connectivity index (χ2v) is 16.4. The number of allylic oxidation sites excluding steroid dienone is 5. The number of phenols is 1. The van der Waals surface area contributed by atoms with Gasteiger partial charge < -0.3 is 35.1 Å². The maximum Gasteiger partial charge on any atom is 0.333 e. The van der Waals surface area contributed by atoms with Gasteiger partial charge in [-0.1, -0.05) is 29.4 Å². The number of hydrogen-bond donors (Lipinski definition) is 3. The number of nitrogens with two attached hydrogens (primary N) is 1. The molecule has 0 radical (unpaired) electrons. The smallest absolute Gasteiger partial charge is 0.333 e. The quantitative estimate of drug-likeness (QED) is 0.149. The normalized spacial score (nSPS) is 31.3. The van der Waals surface area contributed by atoms with E-state index in [1.54, 1.807) is 13.0 Å². The Balaban J connectivity index is 1.53. The van der Waals surface area contributed by atoms with Gasteiger partial charge in [0.15, 0.2) is 17.0 Å². The zero-order chi connectivity index (χ0) is 37.7. The molecular formula is C42H49N3O7. The summed E-state index contributed by atoms with van der Waals surface area (Å²) in [5.41, 5.74) is 7.91. The number of nitrogens with zero attached hydrogens (tertiary/aromatic N) is 1. The van der Waals surface area contributed by atoms with Gasteiger partial charge in [-0.3, -0.25) is 4.79 Å². The third kappa shape index (κ3) is 4.77. The van der Waals surface area contributed by atoms with Crippen LogP contribution in [-0.4, -0.2) is 46.4 Å². The Morgan fingerprint density at radius 1 is 1.12 bits per heavy atom. The molecule has 1 aromatic rings. The Morgan fingerprint density at radius 2 is 1.83 bits per heavy atom. The van der Waals surface area contributed by atoms with Crippen molar-refractivity contribution in [1.29, 1.82) is 5.26 Å². The molecule has 8 rings (SSSR count). The van der Waals surface area contributed by atoms with Gasteiger partial charge in [-0.05, 0) is 93.2 Å². The van der Waals surface area contributed by atoms with Crippen molar-refractivity contribution in [1.82, 2.24) is 5.32 Å². The van der Waals surface area contributed by atoms with Crippen LogP contribution in [0, 0.1) is 29.1 Å². The van der Waals surface area contributed by atoms with E-state index in [-0.39, 0.29) is 35.3 Å². The molecule has 1 aromatic carbocycles. The van der Waals surface area contributed by atoms with Gasteiger partial charge in [0.05, 0.1) is 41.2 Å². The number of esters is 1. The topological polar surface area (TPSA) is 153 Å². The van der Waals surface area contributed by atoms with Crippen molar-refractivity contribution >= 4 is 23.5 Å². The van der Waals surface area contributed by atoms with Crippen LogP contribution in [0.25, 0.3) is 11.8 Å². The van der Waals surface area contributed by atoms with E-state index >= 15 is 4.79 Å². The summed E-state index contributed by atoms with van der Waals surface area (Å²) < 4.78 is 26.4. The maximum absolute atomic E-state index is 15.1. The largest absolute Gasteiger partial charge is 0.506 e. The predicted molar refractivity (Wildman–Crippen MR) is 197 cm³/mol. The number of rotatable bonds is 8. The monoisotopic (exact) mass is 707 g/mol. The highest BCUT2D eigenvalue weighted by Crippen LogP contribution is 2.73. The first-order chi connectivity index (χ1) is 24.5. The molecule has 4 heterocycles. The first-order valence-corrected chi connectivity index (χ1v) is 18.1. The van der Waals surface area contributed by atoms with Crippen molar-refractivity contribution in [3.8, 4) is 23.3 Å². The predicted octanol–water partition coefficient (Wildman–Crippen LogP) is 6.84. The van der Waals surface area contributed by atoms with Crippen molar-refractivity contribution in [2.24, 2.45) is 23.5 Å². The van der Waals surface area contributed by atoms with Crippen LogP contribution in [0.4, 0.5) is 0 Å². The minimum atomic E-state index is -1.57. The van der Waals surface area contributed by atoms with E-state index in [1.165, 1.54) is 12.7 Å². The molecule has 7 aliphatic rings. The average molecular weight is 708 g/mol. The first-order valence-electron chi connectivity index (χ1n) is 18.1. The minimum Gasteiger partial charge on any atom is -0.506 e. The van der Waals surface area contributed by atoms with Crippen molar-refractivity contribution < 1.29 is 33.6 Å². The fourth-order valence-electron chi connectivity index (χ4n) is 9.67. The lowest BCUT2D eigenvalue weighted by Gasteiger charge is -2.62. The number of ether oxygens (including phenoxy) is 4. The molecule has 4 aliphatic heterocycles. The van der Waals surface area contributed by atoms with Crippen molar-refractivity contribution in [2.45, 2.75) is 110 Å². The number of nitrogens with one attached hydrogen (secondary N) is 1. The highest BCUT2D eigenvalue weighted by Gasteiger charge is 2.84. The SMILES string of the molecule is COC(=O)/C(C)=C\CC12OC(C)(C)C3CC(C1=O)C1C(C#N)=C(N)NC4=C1C32Oc1c(CC=C(C)C)c2c(c(O)c14)C=CC(C)(CCC=C(C)C)O2. The number of ketones is 1. The summed E-state index contributed by atoms with van der Waals surface area (Å²) in [6.07, 6.45) is 12.3. The zero-order valence-corrected chi connectivity index (χ0v) is 31.6. The molecule has 6 atom stereocenters. The van der Waals surface area contributed by atoms with Crippen LogP contribution < -0.4 is 20.5 Å². The summed E-state index contributed by atoms with van der Waals surface area (Å²) in [7, 11) is 1.32. The lowest BCUT2D eigenvalue weighted by molar-refractivity contribution is -0.181. The van der Waals surface area contributed by atoms with Gasteiger partial charge in [-0.25, -0.2) is 4.79 Å². The Kier molecular flexibility index (Phi) is 8.15. The molecule has 0 aromatic heterocycles. The van der Waals surface area contributed by atoms with Crippen molar-refractivity contribution in [2.75, 3.05) is 7.11 Å². The number of fused-ring (bicyclic) bond motifs is 3. The number of aromatic hydroxyl groups is 1. The van der Waals surface area contributed by atoms with Crippen molar-refractivity contribution in [3.63, 3.8) is 0 Å². The van der Waals surface area contributed by atoms with Gasteiger partial charge in [0.1, 0.15) is 28.7 Å². The second kappa shape index (κ2) is 11.9. The maximum atomic E-state index is 15.1. The Hall–Kier alpha value is -4.75. The van der Waals surface area contributed by atoms with Crippen LogP contribution >= 0.6 is 0 Å². The summed E-state index contributed by atoms with van der Waals surface area (Å²) in [5.74, 6) is -1.37. The second-order valence-electron chi connectivity index (χ2n) is 16.4. The number of dihydropyridines is 1. The molecule has 4 N–H and O–H groups in total. The van der Waals surface area contributed by atoms with Crippen LogP contribution in [-0.2, 0) is 25.5 Å². The van der Waals surface area contributed by atoms with Crippen molar-refractivity contribution in [3.05, 3.63) is 74.7 Å². The lowest BCUT2D eigenvalue weighted by Crippen LogP contribution is -2.75. The van der Waals surface area contributed by atoms with Gasteiger partial charge in [-0.2, -0.15) is 5.26 Å². The van der Waals surface area contributed by atoms with Gasteiger partial charge in [-0.15, -0.1) is 0 Å². The number of carbonyl (C=O) groups excluding carboxylic acids is 2. The zero-order valence-electron chi connectivity index (χ0n) is 31.6. The van der Waals surface area contributed by atoms with E-state index in [9.17, 15) is 15.2 Å². The molecule has 10 heteroatoms. The van der Waals surface area contributed by atoms with Gasteiger partial charge in [0, 0.05) is 40.9 Å². The highest BCUT2D eigenvalue weighted by atomic mass is 16.6. The minimum absolute atomic E-state index is 0.0328. The van der Waals surface area contributed by atoms with E-state index in [4.69, 9.17) is 24.7 Å². The molecule has 10 nitrogen and oxygen atoms in total. The molecular weight excluding hydrogens is 658 g/mol. The number of Topliss-reactive ketones (excluding diaryl/α,β-unsaturated/α-hetero) is 1. The van der Waals surface area contributed by atoms with Crippen LogP contribution in [0.2, 0.25) is 0 Å². The summed E-state index contributed by atoms with van der Waals surface area (Å²) in [6.45, 7) is 15.8. The molecule has 1 saturated heterocycles. The van der Waals surface area contributed by atoms with E-state index in [0.29, 0.717) is 58.7 Å². The molecule has 1 spiro atoms. The Morgan fingerprint density at radius 3 is 2.48 bits per heavy atom. The summed E-state index contributed by atoms with van der Waals surface area (Å²) >= 11 is 0. The van der Waals surface area contributed by atoms with E-state index in [0.717, 1.165) is 17.6 Å². The third-order valence-electron chi connectivity index (χ3n) is 12.0. The van der Waals surface area contributed by atoms with Crippen LogP contribution in [0.1, 0.15) is 97.8 Å². The molecule has 3 saturated carbocycles. The van der Waals surface area contributed by atoms with Gasteiger partial charge in [0.25, 0.3) is 0 Å². The Labute approximate surface area is 305 Å². The molecule has 4 bridgehead atoms. The molecule has 6 unspecified atom stereocenters. The number of phenolic OH excluding ortho intramolecular Hbond substituents is 1. The average Bonchev–Trinajstić information content (AvgIpc) is 3.22. The fraction of sp³-hybridized carbons (Fsp3) is 0.500. The van der Waals surface area contributed by atoms with E-state index in [1.807, 2.05) is 46.8 Å². The summed E-state index contributed by atoms with van der Waals surface area (Å²) in [6, 6.07) is 2.30. The number of nitriles is 1. The number of hydrogen-bond acceptors (Lipinski definition) is 10. The molecule has 3 aliphatic carbocycles. The number of carbonyl (C=O) groups is 2. The Bertz CT molecular complexity index is 2050. The van der Waals surface area contributed by atoms with Gasteiger partial charge >= 0.3 is 5.97 Å². The standard InChI is InChI=1S/C42H49N3O7/c1-21(2)11-10-16-40(8)17-15-24-33(46)30-32-31-29(27(20-43)37(44)45-32)26-19-28-39(6,7)52-41(36(26)47,18-14-23(5)38(48)49-9)42(28,31)51-35(30)25(34(24)50-40)13-12-22(3)4/h11-12,14-15,17,26,28-29,45-46H,10,13,16,18-19,44H2,1-9H3/b23-14-. The van der Waals surface area contributed by atoms with Gasteiger partial charge in [0.2, 0.25) is 0 Å². The molecule has 52 heavy (non-hydrogen) atoms. The van der Waals surface area contributed by atoms with E-state index < -0.39 is 40.2 Å². The number of benzene rings is 1. The summed E-state index contributed by atoms with van der Waals surface area (Å²) in [5, 5.41) is 26.1. The molecule has 0 amide bonds.